The largest absolute Gasteiger partial charge is 0.478 e. The van der Waals surface area contributed by atoms with Crippen LogP contribution in [-0.2, 0) is 20.0 Å². The van der Waals surface area contributed by atoms with Crippen molar-refractivity contribution in [3.8, 4) is 0 Å². The van der Waals surface area contributed by atoms with Gasteiger partial charge in [0.05, 0.1) is 24.9 Å². The van der Waals surface area contributed by atoms with Crippen LogP contribution in [0, 0.1) is 0 Å². The lowest BCUT2D eigenvalue weighted by Crippen LogP contribution is -2.07. The number of rotatable bonds is 8. The van der Waals surface area contributed by atoms with E-state index in [4.69, 9.17) is 14.2 Å². The van der Waals surface area contributed by atoms with Gasteiger partial charge in [0.25, 0.3) is 0 Å². The third-order valence-electron chi connectivity index (χ3n) is 2.55. The Balaban J connectivity index is 2.80. The van der Waals surface area contributed by atoms with Gasteiger partial charge in [-0.25, -0.2) is 4.79 Å². The summed E-state index contributed by atoms with van der Waals surface area (Å²) in [6, 6.07) is 6.67. The van der Waals surface area contributed by atoms with Crippen molar-refractivity contribution in [3.05, 3.63) is 35.4 Å². The number of aryl methyl sites for hydroxylation is 1. The molecule has 0 bridgehead atoms. The van der Waals surface area contributed by atoms with E-state index in [0.29, 0.717) is 25.2 Å². The fourth-order valence-corrected chi connectivity index (χ4v) is 3.40. The van der Waals surface area contributed by atoms with Crippen LogP contribution in [0.15, 0.2) is 24.3 Å². The average Bonchev–Trinajstić information content (AvgIpc) is 2.37. The molecule has 1 aromatic carbocycles. The van der Waals surface area contributed by atoms with Crippen molar-refractivity contribution >= 4 is 13.6 Å². The van der Waals surface area contributed by atoms with Crippen LogP contribution < -0.4 is 0 Å². The van der Waals surface area contributed by atoms with Gasteiger partial charge >= 0.3 is 13.6 Å². The molecular formula is C13H19O5P. The Morgan fingerprint density at radius 3 is 2.32 bits per heavy atom. The molecule has 19 heavy (non-hydrogen) atoms. The number of hydrogen-bond acceptors (Lipinski definition) is 4. The Labute approximate surface area is 113 Å². The highest BCUT2D eigenvalue weighted by Gasteiger charge is 2.24. The van der Waals surface area contributed by atoms with Gasteiger partial charge in [-0.2, -0.15) is 0 Å². The fourth-order valence-electron chi connectivity index (χ4n) is 1.76. The predicted molar refractivity (Wildman–Crippen MR) is 72.8 cm³/mol. The van der Waals surface area contributed by atoms with Gasteiger partial charge < -0.3 is 14.2 Å². The maximum atomic E-state index is 12.3. The van der Waals surface area contributed by atoms with Crippen LogP contribution in [0.3, 0.4) is 0 Å². The van der Waals surface area contributed by atoms with Gasteiger partial charge in [-0.15, -0.1) is 0 Å². The van der Waals surface area contributed by atoms with Crippen LogP contribution in [0.4, 0.5) is 0 Å². The van der Waals surface area contributed by atoms with Gasteiger partial charge in [-0.1, -0.05) is 18.2 Å². The molecule has 0 aliphatic heterocycles. The van der Waals surface area contributed by atoms with E-state index in [-0.39, 0.29) is 11.7 Å². The summed E-state index contributed by atoms with van der Waals surface area (Å²) in [4.78, 5) is 11.1. The highest BCUT2D eigenvalue weighted by Crippen LogP contribution is 2.48. The monoisotopic (exact) mass is 286 g/mol. The summed E-state index contributed by atoms with van der Waals surface area (Å²) >= 11 is 0. The number of hydrogen-bond donors (Lipinski definition) is 1. The molecule has 106 valence electrons. The molecule has 0 unspecified atom stereocenters. The van der Waals surface area contributed by atoms with Crippen LogP contribution >= 0.6 is 7.60 Å². The number of carboxylic acids is 1. The molecule has 0 amide bonds. The zero-order valence-electron chi connectivity index (χ0n) is 11.2. The summed E-state index contributed by atoms with van der Waals surface area (Å²) in [6.07, 6.45) is 0.527. The third-order valence-corrected chi connectivity index (χ3v) is 4.63. The highest BCUT2D eigenvalue weighted by atomic mass is 31.2. The summed E-state index contributed by atoms with van der Waals surface area (Å²) in [6.45, 7) is 4.10. The van der Waals surface area contributed by atoms with Gasteiger partial charge in [0.1, 0.15) is 0 Å². The first-order chi connectivity index (χ1) is 9.02. The van der Waals surface area contributed by atoms with E-state index in [9.17, 15) is 9.36 Å². The molecule has 0 spiro atoms. The molecule has 0 fully saturated rings. The lowest BCUT2D eigenvalue weighted by Gasteiger charge is -2.17. The Hall–Kier alpha value is -1.16. The normalized spacial score (nSPS) is 11.5. The molecule has 0 saturated carbocycles. The third kappa shape index (κ3) is 4.78. The standard InChI is InChI=1S/C13H19O5P/c1-3-17-19(16,18-4-2)10-9-11-7-5-6-8-12(11)13(14)15/h5-8H,3-4,9-10H2,1-2H3,(H,14,15). The van der Waals surface area contributed by atoms with E-state index >= 15 is 0 Å². The van der Waals surface area contributed by atoms with Gasteiger partial charge in [-0.05, 0) is 31.9 Å². The lowest BCUT2D eigenvalue weighted by molar-refractivity contribution is 0.0695. The summed E-state index contributed by atoms with van der Waals surface area (Å²) < 4.78 is 22.6. The van der Waals surface area contributed by atoms with Gasteiger partial charge in [-0.3, -0.25) is 4.57 Å². The lowest BCUT2D eigenvalue weighted by atomic mass is 10.1. The summed E-state index contributed by atoms with van der Waals surface area (Å²) in [5.74, 6) is -0.988. The molecule has 1 aromatic rings. The van der Waals surface area contributed by atoms with Crippen LogP contribution in [0.25, 0.3) is 0 Å². The number of carboxylic acid groups (broad SMARTS) is 1. The molecule has 0 aliphatic carbocycles. The van der Waals surface area contributed by atoms with E-state index < -0.39 is 13.6 Å². The van der Waals surface area contributed by atoms with E-state index in [1.807, 2.05) is 0 Å². The SMILES string of the molecule is CCOP(=O)(CCc1ccccc1C(=O)O)OCC. The van der Waals surface area contributed by atoms with Crippen molar-refractivity contribution in [2.24, 2.45) is 0 Å². The Bertz CT molecular complexity index is 462. The smallest absolute Gasteiger partial charge is 0.335 e. The number of benzene rings is 1. The molecule has 0 saturated heterocycles. The fraction of sp³-hybridized carbons (Fsp3) is 0.462. The van der Waals surface area contributed by atoms with E-state index in [1.165, 1.54) is 6.07 Å². The zero-order chi connectivity index (χ0) is 14.3. The molecule has 1 N–H and O–H groups in total. The maximum absolute atomic E-state index is 12.3. The number of aromatic carboxylic acids is 1. The molecular weight excluding hydrogens is 267 g/mol. The highest BCUT2D eigenvalue weighted by molar-refractivity contribution is 7.53. The van der Waals surface area contributed by atoms with Crippen molar-refractivity contribution in [1.29, 1.82) is 0 Å². The quantitative estimate of drug-likeness (QED) is 0.743. The van der Waals surface area contributed by atoms with Crippen molar-refractivity contribution in [1.82, 2.24) is 0 Å². The van der Waals surface area contributed by atoms with Crippen LogP contribution in [0.1, 0.15) is 29.8 Å². The predicted octanol–water partition coefficient (Wildman–Crippen LogP) is 3.19. The average molecular weight is 286 g/mol. The van der Waals surface area contributed by atoms with Crippen LogP contribution in [0.2, 0.25) is 0 Å². The first kappa shape index (κ1) is 15.9. The van der Waals surface area contributed by atoms with Crippen LogP contribution in [-0.4, -0.2) is 30.5 Å². The van der Waals surface area contributed by atoms with Gasteiger partial charge in [0.2, 0.25) is 0 Å². The minimum Gasteiger partial charge on any atom is -0.478 e. The second kappa shape index (κ2) is 7.43. The Kier molecular flexibility index (Phi) is 6.22. The number of carbonyl (C=O) groups is 1. The molecule has 0 aromatic heterocycles. The summed E-state index contributed by atoms with van der Waals surface area (Å²) in [5, 5.41) is 9.07. The summed E-state index contributed by atoms with van der Waals surface area (Å²) in [7, 11) is -3.13. The first-order valence-corrected chi connectivity index (χ1v) is 7.94. The Morgan fingerprint density at radius 1 is 1.21 bits per heavy atom. The van der Waals surface area contributed by atoms with Crippen molar-refractivity contribution in [2.75, 3.05) is 19.4 Å². The molecule has 0 radical (unpaired) electrons. The molecule has 0 aliphatic rings. The first-order valence-electron chi connectivity index (χ1n) is 6.21. The van der Waals surface area contributed by atoms with Crippen molar-refractivity contribution < 1.29 is 23.5 Å². The second-order valence-corrected chi connectivity index (χ2v) is 6.07. The zero-order valence-corrected chi connectivity index (χ0v) is 12.1. The van der Waals surface area contributed by atoms with Crippen molar-refractivity contribution in [3.63, 3.8) is 0 Å². The topological polar surface area (TPSA) is 72.8 Å². The van der Waals surface area contributed by atoms with Crippen LogP contribution in [0.5, 0.6) is 0 Å². The maximum Gasteiger partial charge on any atom is 0.335 e. The minimum atomic E-state index is -3.13. The Morgan fingerprint density at radius 2 is 1.79 bits per heavy atom. The van der Waals surface area contributed by atoms with E-state index in [1.54, 1.807) is 32.0 Å². The molecule has 0 heterocycles. The van der Waals surface area contributed by atoms with E-state index in [0.717, 1.165) is 0 Å². The molecule has 1 rings (SSSR count). The minimum absolute atomic E-state index is 0.180. The second-order valence-electron chi connectivity index (χ2n) is 3.88. The van der Waals surface area contributed by atoms with E-state index in [2.05, 4.69) is 0 Å². The van der Waals surface area contributed by atoms with Crippen molar-refractivity contribution in [2.45, 2.75) is 20.3 Å². The molecule has 6 heteroatoms. The molecule has 0 atom stereocenters. The van der Waals surface area contributed by atoms with Gasteiger partial charge in [0, 0.05) is 0 Å². The molecule has 5 nitrogen and oxygen atoms in total. The summed E-state index contributed by atoms with van der Waals surface area (Å²) in [5.41, 5.74) is 0.858. The van der Waals surface area contributed by atoms with Gasteiger partial charge in [0.15, 0.2) is 0 Å².